The monoisotopic (exact) mass is 368 g/mol. The van der Waals surface area contributed by atoms with Crippen molar-refractivity contribution in [2.45, 2.75) is 51.7 Å². The van der Waals surface area contributed by atoms with Crippen molar-refractivity contribution >= 4 is 22.5 Å². The summed E-state index contributed by atoms with van der Waals surface area (Å²) >= 11 is 6.34. The number of rotatable bonds is 5. The summed E-state index contributed by atoms with van der Waals surface area (Å²) in [5.74, 6) is 1.10. The highest BCUT2D eigenvalue weighted by molar-refractivity contribution is 6.35. The molecule has 4 nitrogen and oxygen atoms in total. The minimum atomic E-state index is 0.606. The Labute approximate surface area is 159 Å². The maximum atomic E-state index is 6.34. The van der Waals surface area contributed by atoms with Gasteiger partial charge in [-0.05, 0) is 44.9 Å². The van der Waals surface area contributed by atoms with Gasteiger partial charge in [-0.15, -0.1) is 0 Å². The molecule has 0 amide bonds. The van der Waals surface area contributed by atoms with Gasteiger partial charge in [0.15, 0.2) is 0 Å². The van der Waals surface area contributed by atoms with Crippen LogP contribution in [0.1, 0.15) is 37.2 Å². The van der Waals surface area contributed by atoms with E-state index in [0.29, 0.717) is 6.04 Å². The second-order valence-corrected chi connectivity index (χ2v) is 7.60. The summed E-state index contributed by atoms with van der Waals surface area (Å²) in [6.07, 6.45) is 8.98. The Morgan fingerprint density at radius 2 is 2.12 bits per heavy atom. The number of hydrogen-bond acceptors (Lipinski definition) is 3. The molecule has 1 aromatic carbocycles. The van der Waals surface area contributed by atoms with E-state index in [-0.39, 0.29) is 0 Å². The highest BCUT2D eigenvalue weighted by Gasteiger charge is 2.23. The topological polar surface area (TPSA) is 34.0 Å². The van der Waals surface area contributed by atoms with Gasteiger partial charge >= 0.3 is 0 Å². The number of halogens is 1. The van der Waals surface area contributed by atoms with Crippen LogP contribution in [0.4, 0.5) is 0 Å². The molecular weight excluding hydrogens is 344 g/mol. The van der Waals surface area contributed by atoms with E-state index in [9.17, 15) is 0 Å². The molecule has 136 valence electrons. The number of likely N-dealkylation sites (tertiary alicyclic amines) is 1. The maximum absolute atomic E-state index is 6.34. The van der Waals surface area contributed by atoms with E-state index in [4.69, 9.17) is 16.6 Å². The minimum Gasteiger partial charge on any atom is -0.335 e. The second-order valence-electron chi connectivity index (χ2n) is 7.19. The van der Waals surface area contributed by atoms with Crippen LogP contribution in [0.2, 0.25) is 5.02 Å². The number of imidazole rings is 1. The molecule has 0 saturated carbocycles. The molecule has 5 heteroatoms. The summed E-state index contributed by atoms with van der Waals surface area (Å²) in [5, 5.41) is 1.84. The molecule has 0 unspecified atom stereocenters. The van der Waals surface area contributed by atoms with E-state index in [1.165, 1.54) is 19.3 Å². The van der Waals surface area contributed by atoms with Crippen molar-refractivity contribution in [2.24, 2.45) is 0 Å². The van der Waals surface area contributed by atoms with E-state index in [1.807, 2.05) is 18.3 Å². The predicted molar refractivity (Wildman–Crippen MR) is 106 cm³/mol. The van der Waals surface area contributed by atoms with E-state index in [0.717, 1.165) is 53.5 Å². The Kier molecular flexibility index (Phi) is 5.23. The van der Waals surface area contributed by atoms with E-state index in [2.05, 4.69) is 45.8 Å². The van der Waals surface area contributed by atoms with Crippen LogP contribution in [0.5, 0.6) is 0 Å². The molecule has 0 spiro atoms. The van der Waals surface area contributed by atoms with Crippen LogP contribution in [0.15, 0.2) is 42.7 Å². The summed E-state index contributed by atoms with van der Waals surface area (Å²) in [4.78, 5) is 11.8. The van der Waals surface area contributed by atoms with Gasteiger partial charge < -0.3 is 4.57 Å². The van der Waals surface area contributed by atoms with Crippen LogP contribution in [-0.4, -0.2) is 32.0 Å². The van der Waals surface area contributed by atoms with Crippen molar-refractivity contribution in [1.29, 1.82) is 0 Å². The molecule has 0 N–H and O–H groups in total. The molecule has 3 heterocycles. The summed E-state index contributed by atoms with van der Waals surface area (Å²) < 4.78 is 2.25. The molecule has 1 saturated heterocycles. The van der Waals surface area contributed by atoms with Gasteiger partial charge in [-0.1, -0.05) is 36.2 Å². The second kappa shape index (κ2) is 7.77. The zero-order chi connectivity index (χ0) is 17.9. The number of para-hydroxylation sites is 1. The number of nitrogens with zero attached hydrogens (tertiary/aromatic N) is 4. The van der Waals surface area contributed by atoms with E-state index in [1.54, 1.807) is 0 Å². The first-order chi connectivity index (χ1) is 12.7. The maximum Gasteiger partial charge on any atom is 0.105 e. The fourth-order valence-electron chi connectivity index (χ4n) is 3.97. The SMILES string of the molecule is Cc1nccn1CC[C@H]1CCCCN1Cc1ccc2cccc(Cl)c2n1. The fraction of sp³-hybridized carbons (Fsp3) is 0.429. The third-order valence-electron chi connectivity index (χ3n) is 5.47. The third kappa shape index (κ3) is 3.76. The highest BCUT2D eigenvalue weighted by atomic mass is 35.5. The Balaban J connectivity index is 1.48. The normalized spacial score (nSPS) is 18.5. The van der Waals surface area contributed by atoms with Gasteiger partial charge in [-0.3, -0.25) is 4.90 Å². The van der Waals surface area contributed by atoms with Crippen LogP contribution < -0.4 is 0 Å². The quantitative estimate of drug-likeness (QED) is 0.646. The molecule has 3 aromatic rings. The largest absolute Gasteiger partial charge is 0.335 e. The zero-order valence-electron chi connectivity index (χ0n) is 15.2. The lowest BCUT2D eigenvalue weighted by Crippen LogP contribution is -2.39. The van der Waals surface area contributed by atoms with E-state index >= 15 is 0 Å². The molecule has 0 bridgehead atoms. The zero-order valence-corrected chi connectivity index (χ0v) is 16.0. The van der Waals surface area contributed by atoms with Gasteiger partial charge in [0.25, 0.3) is 0 Å². The first-order valence-corrected chi connectivity index (χ1v) is 9.84. The van der Waals surface area contributed by atoms with Crippen molar-refractivity contribution < 1.29 is 0 Å². The predicted octanol–water partition coefficient (Wildman–Crippen LogP) is 4.84. The first-order valence-electron chi connectivity index (χ1n) is 9.46. The molecule has 26 heavy (non-hydrogen) atoms. The molecule has 0 radical (unpaired) electrons. The van der Waals surface area contributed by atoms with Crippen LogP contribution in [0, 0.1) is 6.92 Å². The molecule has 1 fully saturated rings. The standard InChI is InChI=1S/C21H25ClN4/c1-16-23-11-14-25(16)13-10-19-6-2-3-12-26(19)15-18-9-8-17-5-4-7-20(22)21(17)24-18/h4-5,7-9,11,14,19H,2-3,6,10,12-13,15H2,1H3/t19-/m1/s1. The lowest BCUT2D eigenvalue weighted by atomic mass is 9.99. The number of aromatic nitrogens is 3. The van der Waals surface area contributed by atoms with Gasteiger partial charge in [0.05, 0.1) is 16.2 Å². The van der Waals surface area contributed by atoms with Crippen LogP contribution in [0.3, 0.4) is 0 Å². The summed E-state index contributed by atoms with van der Waals surface area (Å²) in [6.45, 7) is 5.15. The molecular formula is C21H25ClN4. The van der Waals surface area contributed by atoms with Crippen molar-refractivity contribution in [3.63, 3.8) is 0 Å². The molecule has 2 aromatic heterocycles. The summed E-state index contributed by atoms with van der Waals surface area (Å²) in [5.41, 5.74) is 2.02. The highest BCUT2D eigenvalue weighted by Crippen LogP contribution is 2.25. The molecule has 1 aliphatic heterocycles. The van der Waals surface area contributed by atoms with Crippen LogP contribution in [0.25, 0.3) is 10.9 Å². The fourth-order valence-corrected chi connectivity index (χ4v) is 4.19. The Hall–Kier alpha value is -1.91. The lowest BCUT2D eigenvalue weighted by Gasteiger charge is -2.35. The molecule has 1 aliphatic rings. The number of pyridine rings is 1. The van der Waals surface area contributed by atoms with Crippen molar-refractivity contribution in [2.75, 3.05) is 6.54 Å². The number of fused-ring (bicyclic) bond motifs is 1. The lowest BCUT2D eigenvalue weighted by molar-refractivity contribution is 0.126. The number of benzene rings is 1. The summed E-state index contributed by atoms with van der Waals surface area (Å²) in [7, 11) is 0. The van der Waals surface area contributed by atoms with E-state index < -0.39 is 0 Å². The number of hydrogen-bond donors (Lipinski definition) is 0. The van der Waals surface area contributed by atoms with Gasteiger partial charge in [-0.25, -0.2) is 9.97 Å². The number of aryl methyl sites for hydroxylation is 2. The minimum absolute atomic E-state index is 0.606. The van der Waals surface area contributed by atoms with Gasteiger partial charge in [0, 0.05) is 36.9 Å². The Morgan fingerprint density at radius 3 is 2.96 bits per heavy atom. The van der Waals surface area contributed by atoms with Crippen LogP contribution in [-0.2, 0) is 13.1 Å². The van der Waals surface area contributed by atoms with Crippen molar-refractivity contribution in [3.05, 3.63) is 59.3 Å². The van der Waals surface area contributed by atoms with Gasteiger partial charge in [-0.2, -0.15) is 0 Å². The average molecular weight is 369 g/mol. The number of piperidine rings is 1. The third-order valence-corrected chi connectivity index (χ3v) is 5.77. The van der Waals surface area contributed by atoms with Gasteiger partial charge in [0.2, 0.25) is 0 Å². The molecule has 4 rings (SSSR count). The van der Waals surface area contributed by atoms with Crippen molar-refractivity contribution in [3.8, 4) is 0 Å². The Morgan fingerprint density at radius 1 is 1.19 bits per heavy atom. The first kappa shape index (κ1) is 17.5. The molecule has 0 aliphatic carbocycles. The van der Waals surface area contributed by atoms with Crippen LogP contribution >= 0.6 is 11.6 Å². The average Bonchev–Trinajstić information content (AvgIpc) is 3.07. The summed E-state index contributed by atoms with van der Waals surface area (Å²) in [6, 6.07) is 10.8. The smallest absolute Gasteiger partial charge is 0.105 e. The van der Waals surface area contributed by atoms with Gasteiger partial charge in [0.1, 0.15) is 5.82 Å². The Bertz CT molecular complexity index is 889. The molecule has 1 atom stereocenters. The van der Waals surface area contributed by atoms with Crippen molar-refractivity contribution in [1.82, 2.24) is 19.4 Å².